The summed E-state index contributed by atoms with van der Waals surface area (Å²) in [6, 6.07) is 0. The zero-order valence-electron chi connectivity index (χ0n) is 3.68. The molecule has 1 atom stereocenters. The van der Waals surface area contributed by atoms with Gasteiger partial charge in [-0.3, -0.25) is 0 Å². The van der Waals surface area contributed by atoms with Gasteiger partial charge in [0, 0.05) is 11.8 Å². The average molecular weight is 103 g/mol. The van der Waals surface area contributed by atoms with E-state index < -0.39 is 0 Å². The van der Waals surface area contributed by atoms with E-state index in [4.69, 9.17) is 5.73 Å². The first kappa shape index (κ1) is 4.47. The van der Waals surface area contributed by atoms with Gasteiger partial charge in [0.05, 0.1) is 0 Å². The van der Waals surface area contributed by atoms with Crippen LogP contribution in [0.15, 0.2) is 0 Å². The quantitative estimate of drug-likeness (QED) is 0.521. The van der Waals surface area contributed by atoms with Gasteiger partial charge in [-0.25, -0.2) is 0 Å². The Morgan fingerprint density at radius 3 is 2.50 bits per heavy atom. The summed E-state index contributed by atoms with van der Waals surface area (Å²) >= 11 is 1.98. The van der Waals surface area contributed by atoms with Crippen molar-refractivity contribution in [1.82, 2.24) is 0 Å². The summed E-state index contributed by atoms with van der Waals surface area (Å²) in [5.41, 5.74) is 5.31. The predicted molar refractivity (Wildman–Crippen MR) is 29.9 cm³/mol. The lowest BCUT2D eigenvalue weighted by atomic mass is 10.3. The molecule has 1 heterocycles. The van der Waals surface area contributed by atoms with E-state index in [1.54, 1.807) is 0 Å². The van der Waals surface area contributed by atoms with Gasteiger partial charge in [0.15, 0.2) is 0 Å². The van der Waals surface area contributed by atoms with Gasteiger partial charge in [0.1, 0.15) is 0 Å². The van der Waals surface area contributed by atoms with Crippen molar-refractivity contribution in [2.24, 2.45) is 5.73 Å². The van der Waals surface area contributed by atoms with Crippen molar-refractivity contribution in [3.8, 4) is 0 Å². The number of thioether (sulfide) groups is 1. The topological polar surface area (TPSA) is 26.0 Å². The third-order valence-corrected chi connectivity index (χ3v) is 2.43. The molecular formula is C4H9NS. The van der Waals surface area contributed by atoms with Gasteiger partial charge in [-0.2, -0.15) is 11.8 Å². The molecule has 0 aliphatic carbocycles. The van der Waals surface area contributed by atoms with Crippen molar-refractivity contribution in [2.45, 2.75) is 11.7 Å². The normalized spacial score (nSPS) is 32.5. The van der Waals surface area contributed by atoms with E-state index >= 15 is 0 Å². The van der Waals surface area contributed by atoms with E-state index in [0.717, 1.165) is 11.8 Å². The SMILES string of the molecule is NC[C@H]1CCS1. The van der Waals surface area contributed by atoms with E-state index in [2.05, 4.69) is 0 Å². The Hall–Kier alpha value is 0.310. The summed E-state index contributed by atoms with van der Waals surface area (Å²) < 4.78 is 0. The molecule has 1 saturated heterocycles. The molecule has 0 radical (unpaired) electrons. The van der Waals surface area contributed by atoms with E-state index in [1.807, 2.05) is 11.8 Å². The highest BCUT2D eigenvalue weighted by Crippen LogP contribution is 2.25. The monoisotopic (exact) mass is 103 g/mol. The van der Waals surface area contributed by atoms with E-state index in [-0.39, 0.29) is 0 Å². The van der Waals surface area contributed by atoms with Gasteiger partial charge in [-0.15, -0.1) is 0 Å². The molecule has 1 aliphatic heterocycles. The Morgan fingerprint density at radius 2 is 2.50 bits per heavy atom. The third kappa shape index (κ3) is 0.684. The van der Waals surface area contributed by atoms with Crippen LogP contribution in [0.4, 0.5) is 0 Å². The minimum atomic E-state index is 0.810. The zero-order valence-corrected chi connectivity index (χ0v) is 4.50. The standard InChI is InChI=1S/C4H9NS/c5-3-4-1-2-6-4/h4H,1-3,5H2/t4-/m1/s1. The second-order valence-electron chi connectivity index (χ2n) is 1.52. The Balaban J connectivity index is 2.01. The van der Waals surface area contributed by atoms with Crippen molar-refractivity contribution in [3.05, 3.63) is 0 Å². The largest absolute Gasteiger partial charge is 0.329 e. The molecule has 36 valence electrons. The molecule has 0 aromatic carbocycles. The van der Waals surface area contributed by atoms with Crippen LogP contribution in [0, 0.1) is 0 Å². The molecule has 1 aliphatic rings. The second kappa shape index (κ2) is 1.85. The molecular weight excluding hydrogens is 94.1 g/mol. The van der Waals surface area contributed by atoms with E-state index in [0.29, 0.717) is 0 Å². The molecule has 2 N–H and O–H groups in total. The highest BCUT2D eigenvalue weighted by atomic mass is 32.2. The minimum absolute atomic E-state index is 0.810. The third-order valence-electron chi connectivity index (χ3n) is 1.06. The molecule has 0 bridgehead atoms. The number of nitrogens with two attached hydrogens (primary N) is 1. The summed E-state index contributed by atoms with van der Waals surface area (Å²) in [5, 5.41) is 0.810. The van der Waals surface area contributed by atoms with Crippen LogP contribution in [0.3, 0.4) is 0 Å². The van der Waals surface area contributed by atoms with Crippen LogP contribution in [0.2, 0.25) is 0 Å². The first-order valence-corrected chi connectivity index (χ1v) is 3.30. The van der Waals surface area contributed by atoms with Crippen molar-refractivity contribution in [3.63, 3.8) is 0 Å². The van der Waals surface area contributed by atoms with Crippen LogP contribution in [0.1, 0.15) is 6.42 Å². The van der Waals surface area contributed by atoms with Gasteiger partial charge in [0.2, 0.25) is 0 Å². The van der Waals surface area contributed by atoms with Crippen molar-refractivity contribution >= 4 is 11.8 Å². The maximum Gasteiger partial charge on any atom is 0.0178 e. The minimum Gasteiger partial charge on any atom is -0.329 e. The lowest BCUT2D eigenvalue weighted by Crippen LogP contribution is -2.24. The summed E-state index contributed by atoms with van der Waals surface area (Å²) in [4.78, 5) is 0. The van der Waals surface area contributed by atoms with Crippen LogP contribution < -0.4 is 5.73 Å². The first-order chi connectivity index (χ1) is 2.93. The molecule has 0 aromatic rings. The fourth-order valence-electron chi connectivity index (χ4n) is 0.470. The second-order valence-corrected chi connectivity index (χ2v) is 2.93. The van der Waals surface area contributed by atoms with Gasteiger partial charge in [0.25, 0.3) is 0 Å². The summed E-state index contributed by atoms with van der Waals surface area (Å²) in [6.07, 6.45) is 1.35. The van der Waals surface area contributed by atoms with Gasteiger partial charge < -0.3 is 5.73 Å². The van der Waals surface area contributed by atoms with Gasteiger partial charge in [-0.05, 0) is 12.2 Å². The Labute approximate surface area is 42.3 Å². The molecule has 1 rings (SSSR count). The van der Waals surface area contributed by atoms with Crippen LogP contribution in [0.5, 0.6) is 0 Å². The van der Waals surface area contributed by atoms with Gasteiger partial charge >= 0.3 is 0 Å². The van der Waals surface area contributed by atoms with E-state index in [1.165, 1.54) is 12.2 Å². The molecule has 2 heteroatoms. The Morgan fingerprint density at radius 1 is 1.83 bits per heavy atom. The Kier molecular flexibility index (Phi) is 1.37. The highest BCUT2D eigenvalue weighted by Gasteiger charge is 2.14. The van der Waals surface area contributed by atoms with Crippen LogP contribution in [0.25, 0.3) is 0 Å². The summed E-state index contributed by atoms with van der Waals surface area (Å²) in [5.74, 6) is 1.34. The summed E-state index contributed by atoms with van der Waals surface area (Å²) in [7, 11) is 0. The van der Waals surface area contributed by atoms with E-state index in [9.17, 15) is 0 Å². The predicted octanol–water partition coefficient (Wildman–Crippen LogP) is 0.451. The maximum atomic E-state index is 5.31. The molecule has 0 spiro atoms. The molecule has 1 fully saturated rings. The zero-order chi connectivity index (χ0) is 4.41. The van der Waals surface area contributed by atoms with Crippen molar-refractivity contribution in [1.29, 1.82) is 0 Å². The molecule has 0 aromatic heterocycles. The number of hydrogen-bond donors (Lipinski definition) is 1. The van der Waals surface area contributed by atoms with Crippen LogP contribution in [-0.2, 0) is 0 Å². The summed E-state index contributed by atoms with van der Waals surface area (Å²) in [6.45, 7) is 0.880. The number of hydrogen-bond acceptors (Lipinski definition) is 2. The lowest BCUT2D eigenvalue weighted by molar-refractivity contribution is 0.790. The highest BCUT2D eigenvalue weighted by molar-refractivity contribution is 8.01. The first-order valence-electron chi connectivity index (χ1n) is 2.25. The number of rotatable bonds is 1. The van der Waals surface area contributed by atoms with Crippen molar-refractivity contribution in [2.75, 3.05) is 12.3 Å². The van der Waals surface area contributed by atoms with Gasteiger partial charge in [-0.1, -0.05) is 0 Å². The molecule has 1 nitrogen and oxygen atoms in total. The fourth-order valence-corrected chi connectivity index (χ4v) is 1.18. The smallest absolute Gasteiger partial charge is 0.0178 e. The fraction of sp³-hybridized carbons (Fsp3) is 1.00. The Bertz CT molecular complexity index is 40.1. The molecule has 0 amide bonds. The molecule has 0 unspecified atom stereocenters. The van der Waals surface area contributed by atoms with Crippen molar-refractivity contribution < 1.29 is 0 Å². The molecule has 6 heavy (non-hydrogen) atoms. The lowest BCUT2D eigenvalue weighted by Gasteiger charge is -2.22. The van der Waals surface area contributed by atoms with Crippen LogP contribution in [-0.4, -0.2) is 17.5 Å². The average Bonchev–Trinajstić information content (AvgIpc) is 1.31. The maximum absolute atomic E-state index is 5.31. The molecule has 0 saturated carbocycles. The van der Waals surface area contributed by atoms with Crippen LogP contribution >= 0.6 is 11.8 Å².